The van der Waals surface area contributed by atoms with Crippen LogP contribution in [0, 0.1) is 5.92 Å². The van der Waals surface area contributed by atoms with Gasteiger partial charge in [0.05, 0.1) is 12.6 Å². The summed E-state index contributed by atoms with van der Waals surface area (Å²) < 4.78 is 0. The molecule has 6 nitrogen and oxygen atoms in total. The van der Waals surface area contributed by atoms with Crippen LogP contribution in [0.25, 0.3) is 0 Å². The third-order valence-corrected chi connectivity index (χ3v) is 5.24. The summed E-state index contributed by atoms with van der Waals surface area (Å²) in [5.41, 5.74) is 2.08. The monoisotopic (exact) mass is 486 g/mol. The second kappa shape index (κ2) is 10.8. The molecule has 2 atom stereocenters. The highest BCUT2D eigenvalue weighted by molar-refractivity contribution is 14.0. The maximum absolute atomic E-state index is 11.8. The van der Waals surface area contributed by atoms with Gasteiger partial charge in [-0.3, -0.25) is 4.79 Å². The van der Waals surface area contributed by atoms with Crippen LogP contribution in [0.3, 0.4) is 0 Å². The van der Waals surface area contributed by atoms with Gasteiger partial charge >= 0.3 is 0 Å². The van der Waals surface area contributed by atoms with E-state index in [0.717, 1.165) is 62.5 Å². The minimum atomic E-state index is -0.189. The molecule has 3 N–H and O–H groups in total. The van der Waals surface area contributed by atoms with Gasteiger partial charge in [0.1, 0.15) is 0 Å². The molecule has 1 aliphatic carbocycles. The van der Waals surface area contributed by atoms with Gasteiger partial charge in [-0.25, -0.2) is 4.99 Å². The molecule has 1 saturated heterocycles. The van der Waals surface area contributed by atoms with Gasteiger partial charge < -0.3 is 20.6 Å². The van der Waals surface area contributed by atoms with Crippen molar-refractivity contribution in [3.63, 3.8) is 0 Å². The summed E-state index contributed by atoms with van der Waals surface area (Å²) in [5, 5.41) is 16.6. The number of rotatable bonds is 6. The van der Waals surface area contributed by atoms with Gasteiger partial charge in [-0.15, -0.1) is 24.0 Å². The fraction of sp³-hybridized carbons (Fsp3) is 0.600. The Balaban J connectivity index is 0.00000261. The van der Waals surface area contributed by atoms with Crippen molar-refractivity contribution >= 4 is 41.5 Å². The lowest BCUT2D eigenvalue weighted by atomic mass is 10.1. The molecule has 2 unspecified atom stereocenters. The Morgan fingerprint density at radius 3 is 2.59 bits per heavy atom. The number of nitrogens with one attached hydrogen (secondary N) is 2. The Morgan fingerprint density at radius 2 is 2.00 bits per heavy atom. The molecule has 0 spiro atoms. The lowest BCUT2D eigenvalue weighted by Crippen LogP contribution is -2.41. The molecule has 3 rings (SSSR count). The Bertz CT molecular complexity index is 635. The maximum atomic E-state index is 11.8. The Morgan fingerprint density at radius 1 is 1.22 bits per heavy atom. The van der Waals surface area contributed by atoms with Crippen LogP contribution in [0.15, 0.2) is 29.3 Å². The van der Waals surface area contributed by atoms with E-state index in [9.17, 15) is 9.90 Å². The van der Waals surface area contributed by atoms with E-state index >= 15 is 0 Å². The van der Waals surface area contributed by atoms with Gasteiger partial charge in [-0.2, -0.15) is 0 Å². The molecule has 0 aromatic heterocycles. The topological polar surface area (TPSA) is 77.0 Å². The number of hydrogen-bond donors (Lipinski definition) is 3. The molecule has 1 aliphatic heterocycles. The standard InChI is InChI=1S/C20H30N4O2.HI/c1-2-21-20(23-14-16-5-3-6-18(16)25)22-13-15-8-10-17(11-9-15)24-12-4-7-19(24)26;/h8-11,16,18,25H,2-7,12-14H2,1H3,(H2,21,22,23);1H. The van der Waals surface area contributed by atoms with E-state index in [4.69, 9.17) is 0 Å². The SMILES string of the molecule is CCNC(=NCc1ccc(N2CCCC2=O)cc1)NCC1CCCC1O.I. The van der Waals surface area contributed by atoms with Crippen LogP contribution in [0.2, 0.25) is 0 Å². The highest BCUT2D eigenvalue weighted by Crippen LogP contribution is 2.24. The number of benzene rings is 1. The molecule has 2 aliphatic rings. The van der Waals surface area contributed by atoms with Gasteiger partial charge in [0.2, 0.25) is 5.91 Å². The number of anilines is 1. The van der Waals surface area contributed by atoms with E-state index in [-0.39, 0.29) is 36.0 Å². The normalized spacial score (nSPS) is 22.7. The van der Waals surface area contributed by atoms with Crippen LogP contribution in [0.5, 0.6) is 0 Å². The molecule has 1 aromatic carbocycles. The van der Waals surface area contributed by atoms with Crippen molar-refractivity contribution in [2.24, 2.45) is 10.9 Å². The van der Waals surface area contributed by atoms with Crippen molar-refractivity contribution in [2.75, 3.05) is 24.5 Å². The van der Waals surface area contributed by atoms with Crippen molar-refractivity contribution in [2.45, 2.75) is 51.7 Å². The van der Waals surface area contributed by atoms with E-state index in [1.54, 1.807) is 0 Å². The number of amides is 1. The number of carbonyl (C=O) groups is 1. The molecule has 7 heteroatoms. The summed E-state index contributed by atoms with van der Waals surface area (Å²) in [4.78, 5) is 18.3. The number of carbonyl (C=O) groups excluding carboxylic acids is 1. The van der Waals surface area contributed by atoms with E-state index in [1.807, 2.05) is 36.1 Å². The Kier molecular flexibility index (Phi) is 8.82. The largest absolute Gasteiger partial charge is 0.393 e. The lowest BCUT2D eigenvalue weighted by molar-refractivity contribution is -0.117. The summed E-state index contributed by atoms with van der Waals surface area (Å²) in [6, 6.07) is 8.08. The third-order valence-electron chi connectivity index (χ3n) is 5.24. The molecular weight excluding hydrogens is 455 g/mol. The molecule has 1 amide bonds. The predicted molar refractivity (Wildman–Crippen MR) is 120 cm³/mol. The maximum Gasteiger partial charge on any atom is 0.227 e. The van der Waals surface area contributed by atoms with Crippen LogP contribution in [0.1, 0.15) is 44.6 Å². The molecule has 1 saturated carbocycles. The summed E-state index contributed by atoms with van der Waals surface area (Å²) in [6.07, 6.45) is 4.49. The van der Waals surface area contributed by atoms with Crippen LogP contribution < -0.4 is 15.5 Å². The Hall–Kier alpha value is -1.35. The fourth-order valence-corrected chi connectivity index (χ4v) is 3.70. The van der Waals surface area contributed by atoms with E-state index < -0.39 is 0 Å². The highest BCUT2D eigenvalue weighted by Gasteiger charge is 2.25. The van der Waals surface area contributed by atoms with Gasteiger partial charge in [-0.05, 0) is 43.9 Å². The zero-order valence-electron chi connectivity index (χ0n) is 16.0. The van der Waals surface area contributed by atoms with Crippen molar-refractivity contribution in [3.8, 4) is 0 Å². The molecule has 27 heavy (non-hydrogen) atoms. The van der Waals surface area contributed by atoms with Crippen LogP contribution in [-0.2, 0) is 11.3 Å². The minimum Gasteiger partial charge on any atom is -0.393 e. The fourth-order valence-electron chi connectivity index (χ4n) is 3.70. The van der Waals surface area contributed by atoms with Crippen molar-refractivity contribution in [1.29, 1.82) is 0 Å². The van der Waals surface area contributed by atoms with Crippen LogP contribution in [-0.4, -0.2) is 42.7 Å². The smallest absolute Gasteiger partial charge is 0.227 e. The molecule has 150 valence electrons. The summed E-state index contributed by atoms with van der Waals surface area (Å²) in [6.45, 7) is 5.00. The number of guanidine groups is 1. The van der Waals surface area contributed by atoms with Crippen molar-refractivity contribution in [3.05, 3.63) is 29.8 Å². The number of aliphatic hydroxyl groups is 1. The second-order valence-corrected chi connectivity index (χ2v) is 7.15. The number of aliphatic imine (C=N–C) groups is 1. The average Bonchev–Trinajstić information content (AvgIpc) is 3.26. The number of hydrogen-bond acceptors (Lipinski definition) is 3. The highest BCUT2D eigenvalue weighted by atomic mass is 127. The first-order valence-corrected chi connectivity index (χ1v) is 9.77. The van der Waals surface area contributed by atoms with E-state index in [1.165, 1.54) is 0 Å². The first-order valence-electron chi connectivity index (χ1n) is 9.77. The van der Waals surface area contributed by atoms with Crippen molar-refractivity contribution in [1.82, 2.24) is 10.6 Å². The molecule has 1 heterocycles. The molecule has 0 radical (unpaired) electrons. The number of aliphatic hydroxyl groups excluding tert-OH is 1. The molecule has 2 fully saturated rings. The summed E-state index contributed by atoms with van der Waals surface area (Å²) in [7, 11) is 0. The molecular formula is C20H31IN4O2. The zero-order chi connectivity index (χ0) is 18.4. The second-order valence-electron chi connectivity index (χ2n) is 7.15. The Labute approximate surface area is 178 Å². The number of nitrogens with zero attached hydrogens (tertiary/aromatic N) is 2. The van der Waals surface area contributed by atoms with E-state index in [0.29, 0.717) is 18.9 Å². The summed E-state index contributed by atoms with van der Waals surface area (Å²) >= 11 is 0. The first kappa shape index (κ1) is 21.9. The third kappa shape index (κ3) is 6.07. The van der Waals surface area contributed by atoms with Crippen LogP contribution >= 0.6 is 24.0 Å². The summed E-state index contributed by atoms with van der Waals surface area (Å²) in [5.74, 6) is 1.31. The quantitative estimate of drug-likeness (QED) is 0.328. The van der Waals surface area contributed by atoms with Crippen LogP contribution in [0.4, 0.5) is 5.69 Å². The predicted octanol–water partition coefficient (Wildman–Crippen LogP) is 2.65. The van der Waals surface area contributed by atoms with Gasteiger partial charge in [-0.1, -0.05) is 18.6 Å². The van der Waals surface area contributed by atoms with Crippen molar-refractivity contribution < 1.29 is 9.90 Å². The van der Waals surface area contributed by atoms with E-state index in [2.05, 4.69) is 15.6 Å². The molecule has 1 aromatic rings. The molecule has 0 bridgehead atoms. The van der Waals surface area contributed by atoms with Gasteiger partial charge in [0, 0.05) is 37.7 Å². The minimum absolute atomic E-state index is 0. The lowest BCUT2D eigenvalue weighted by Gasteiger charge is -2.18. The zero-order valence-corrected chi connectivity index (χ0v) is 18.3. The van der Waals surface area contributed by atoms with Gasteiger partial charge in [0.25, 0.3) is 0 Å². The first-order chi connectivity index (χ1) is 12.7. The number of halogens is 1. The average molecular weight is 486 g/mol. The van der Waals surface area contributed by atoms with Gasteiger partial charge in [0.15, 0.2) is 5.96 Å².